The second kappa shape index (κ2) is 4.38. The van der Waals surface area contributed by atoms with Crippen molar-refractivity contribution in [3.63, 3.8) is 0 Å². The fourth-order valence-electron chi connectivity index (χ4n) is 1.89. The van der Waals surface area contributed by atoms with Crippen LogP contribution in [0.1, 0.15) is 39.5 Å². The Kier molecular flexibility index (Phi) is 3.41. The molecule has 1 unspecified atom stereocenters. The van der Waals surface area contributed by atoms with Crippen LogP contribution in [0.15, 0.2) is 23.8 Å². The molecule has 0 amide bonds. The molecule has 0 spiro atoms. The third-order valence-electron chi connectivity index (χ3n) is 2.57. The number of hydrogen-bond acceptors (Lipinski definition) is 0. The van der Waals surface area contributed by atoms with Gasteiger partial charge in [0.15, 0.2) is 0 Å². The molecule has 0 aromatic carbocycles. The van der Waals surface area contributed by atoms with Gasteiger partial charge >= 0.3 is 0 Å². The van der Waals surface area contributed by atoms with E-state index in [4.69, 9.17) is 0 Å². The molecule has 0 radical (unpaired) electrons. The summed E-state index contributed by atoms with van der Waals surface area (Å²) in [6.07, 6.45) is 12.2. The van der Waals surface area contributed by atoms with Crippen LogP contribution in [0.4, 0.5) is 0 Å². The zero-order chi connectivity index (χ0) is 8.10. The molecule has 0 aromatic heterocycles. The minimum atomic E-state index is 0.871. The number of allylic oxidation sites excluding steroid dienone is 4. The smallest absolute Gasteiger partial charge is 0.0169 e. The Balaban J connectivity index is 2.44. The first-order chi connectivity index (χ1) is 5.38. The minimum Gasteiger partial charge on any atom is -0.0916 e. The quantitative estimate of drug-likeness (QED) is 0.526. The molecule has 1 rings (SSSR count). The molecule has 0 heterocycles. The van der Waals surface area contributed by atoms with Gasteiger partial charge in [0.05, 0.1) is 0 Å². The highest BCUT2D eigenvalue weighted by molar-refractivity contribution is 5.11. The average Bonchev–Trinajstić information content (AvgIpc) is 2.47. The molecule has 0 heteroatoms. The molecule has 0 saturated heterocycles. The van der Waals surface area contributed by atoms with Gasteiger partial charge in [-0.3, -0.25) is 0 Å². The summed E-state index contributed by atoms with van der Waals surface area (Å²) in [4.78, 5) is 0. The third kappa shape index (κ3) is 2.21. The molecular weight excluding hydrogens is 132 g/mol. The van der Waals surface area contributed by atoms with E-state index in [1.807, 2.05) is 0 Å². The van der Waals surface area contributed by atoms with Gasteiger partial charge < -0.3 is 0 Å². The van der Waals surface area contributed by atoms with Gasteiger partial charge in [-0.2, -0.15) is 0 Å². The molecule has 1 aliphatic carbocycles. The Labute approximate surface area is 70.0 Å². The lowest BCUT2D eigenvalue weighted by Gasteiger charge is -2.07. The molecule has 11 heavy (non-hydrogen) atoms. The molecule has 0 nitrogen and oxygen atoms in total. The monoisotopic (exact) mass is 150 g/mol. The van der Waals surface area contributed by atoms with E-state index in [2.05, 4.69) is 32.1 Å². The highest BCUT2D eigenvalue weighted by atomic mass is 14.2. The van der Waals surface area contributed by atoms with E-state index in [9.17, 15) is 0 Å². The van der Waals surface area contributed by atoms with Crippen LogP contribution in [0.2, 0.25) is 0 Å². The first kappa shape index (κ1) is 8.58. The predicted octanol–water partition coefficient (Wildman–Crippen LogP) is 3.70. The Bertz CT molecular complexity index is 163. The van der Waals surface area contributed by atoms with E-state index < -0.39 is 0 Å². The maximum atomic E-state index is 2.31. The lowest BCUT2D eigenvalue weighted by molar-refractivity contribution is 0.637. The van der Waals surface area contributed by atoms with Crippen LogP contribution < -0.4 is 0 Å². The van der Waals surface area contributed by atoms with Crippen LogP contribution in [-0.4, -0.2) is 0 Å². The second-order valence-electron chi connectivity index (χ2n) is 3.26. The summed E-state index contributed by atoms with van der Waals surface area (Å²) in [5.41, 5.74) is 1.68. The molecular formula is C11H18. The van der Waals surface area contributed by atoms with Crippen LogP contribution in [0.25, 0.3) is 0 Å². The zero-order valence-electron chi connectivity index (χ0n) is 7.64. The van der Waals surface area contributed by atoms with Gasteiger partial charge in [-0.15, -0.1) is 0 Å². The van der Waals surface area contributed by atoms with E-state index in [1.54, 1.807) is 5.57 Å². The Hall–Kier alpha value is -0.520. The van der Waals surface area contributed by atoms with Gasteiger partial charge in [0, 0.05) is 0 Å². The van der Waals surface area contributed by atoms with Crippen LogP contribution in [-0.2, 0) is 0 Å². The van der Waals surface area contributed by atoms with E-state index in [-0.39, 0.29) is 0 Å². The van der Waals surface area contributed by atoms with E-state index in [0.717, 1.165) is 5.92 Å². The SMILES string of the molecule is C/C=C/CC1CCC/C1=C\C. The van der Waals surface area contributed by atoms with Gasteiger partial charge in [-0.25, -0.2) is 0 Å². The van der Waals surface area contributed by atoms with Crippen molar-refractivity contribution >= 4 is 0 Å². The van der Waals surface area contributed by atoms with Crippen LogP contribution in [0.5, 0.6) is 0 Å². The standard InChI is InChI=1S/C11H18/c1-3-5-7-11-9-6-8-10(11)4-2/h3-5,11H,6-9H2,1-2H3/b5-3+,10-4+. The van der Waals surface area contributed by atoms with Gasteiger partial charge in [-0.1, -0.05) is 23.8 Å². The number of hydrogen-bond donors (Lipinski definition) is 0. The molecule has 0 N–H and O–H groups in total. The van der Waals surface area contributed by atoms with Crippen molar-refractivity contribution < 1.29 is 0 Å². The Morgan fingerprint density at radius 2 is 2.27 bits per heavy atom. The van der Waals surface area contributed by atoms with Crippen LogP contribution in [0.3, 0.4) is 0 Å². The van der Waals surface area contributed by atoms with Crippen molar-refractivity contribution in [1.82, 2.24) is 0 Å². The maximum Gasteiger partial charge on any atom is -0.0169 e. The topological polar surface area (TPSA) is 0 Å². The zero-order valence-corrected chi connectivity index (χ0v) is 7.64. The van der Waals surface area contributed by atoms with Gasteiger partial charge in [0.2, 0.25) is 0 Å². The summed E-state index contributed by atoms with van der Waals surface area (Å²) in [6, 6.07) is 0. The van der Waals surface area contributed by atoms with Crippen molar-refractivity contribution in [2.45, 2.75) is 39.5 Å². The molecule has 1 aliphatic rings. The summed E-state index contributed by atoms with van der Waals surface area (Å²) in [7, 11) is 0. The van der Waals surface area contributed by atoms with E-state index >= 15 is 0 Å². The molecule has 0 aliphatic heterocycles. The molecule has 0 bridgehead atoms. The van der Waals surface area contributed by atoms with Crippen molar-refractivity contribution in [2.24, 2.45) is 5.92 Å². The summed E-state index contributed by atoms with van der Waals surface area (Å²) in [6.45, 7) is 4.27. The van der Waals surface area contributed by atoms with Crippen molar-refractivity contribution in [1.29, 1.82) is 0 Å². The second-order valence-corrected chi connectivity index (χ2v) is 3.26. The fourth-order valence-corrected chi connectivity index (χ4v) is 1.89. The number of rotatable bonds is 2. The van der Waals surface area contributed by atoms with Crippen molar-refractivity contribution in [3.05, 3.63) is 23.8 Å². The first-order valence-electron chi connectivity index (χ1n) is 4.64. The van der Waals surface area contributed by atoms with E-state index in [1.165, 1.54) is 25.7 Å². The molecule has 1 fully saturated rings. The highest BCUT2D eigenvalue weighted by Gasteiger charge is 2.17. The van der Waals surface area contributed by atoms with Crippen LogP contribution >= 0.6 is 0 Å². The van der Waals surface area contributed by atoms with Gasteiger partial charge in [0.25, 0.3) is 0 Å². The average molecular weight is 150 g/mol. The fraction of sp³-hybridized carbons (Fsp3) is 0.636. The maximum absolute atomic E-state index is 2.31. The third-order valence-corrected chi connectivity index (χ3v) is 2.57. The highest BCUT2D eigenvalue weighted by Crippen LogP contribution is 2.33. The minimum absolute atomic E-state index is 0.871. The normalized spacial score (nSPS) is 28.9. The lowest BCUT2D eigenvalue weighted by atomic mass is 9.99. The summed E-state index contributed by atoms with van der Waals surface area (Å²) >= 11 is 0. The Morgan fingerprint density at radius 1 is 1.45 bits per heavy atom. The van der Waals surface area contributed by atoms with Gasteiger partial charge in [0.1, 0.15) is 0 Å². The molecule has 0 aromatic rings. The molecule has 62 valence electrons. The summed E-state index contributed by atoms with van der Waals surface area (Å²) < 4.78 is 0. The molecule has 1 saturated carbocycles. The van der Waals surface area contributed by atoms with Crippen LogP contribution in [0, 0.1) is 5.92 Å². The lowest BCUT2D eigenvalue weighted by Crippen LogP contribution is -1.93. The van der Waals surface area contributed by atoms with Gasteiger partial charge in [-0.05, 0) is 45.4 Å². The summed E-state index contributed by atoms with van der Waals surface area (Å²) in [5, 5.41) is 0. The molecule has 1 atom stereocenters. The first-order valence-corrected chi connectivity index (χ1v) is 4.64. The largest absolute Gasteiger partial charge is 0.0916 e. The van der Waals surface area contributed by atoms with Crippen molar-refractivity contribution in [3.8, 4) is 0 Å². The van der Waals surface area contributed by atoms with Crippen molar-refractivity contribution in [2.75, 3.05) is 0 Å². The van der Waals surface area contributed by atoms with E-state index in [0.29, 0.717) is 0 Å². The predicted molar refractivity (Wildman–Crippen MR) is 50.5 cm³/mol. The Morgan fingerprint density at radius 3 is 2.91 bits per heavy atom. The summed E-state index contributed by atoms with van der Waals surface area (Å²) in [5.74, 6) is 0.871.